The molecule has 0 saturated carbocycles. The van der Waals surface area contributed by atoms with E-state index in [0.717, 1.165) is 25.9 Å². The third-order valence-corrected chi connectivity index (χ3v) is 18.4. The third kappa shape index (κ3) is 9.28. The molecule has 0 unspecified atom stereocenters. The molecular formula is C41H41N4O5PS3Si. The van der Waals surface area contributed by atoms with Gasteiger partial charge in [0.15, 0.2) is 5.09 Å². The lowest BCUT2D eigenvalue weighted by Crippen LogP contribution is -2.68. The Hall–Kier alpha value is -4.17. The minimum absolute atomic E-state index is 0.0153. The first kappa shape index (κ1) is 40.5. The normalized spacial score (nSPS) is 15.2. The Morgan fingerprint density at radius 3 is 1.96 bits per heavy atom. The van der Waals surface area contributed by atoms with Crippen molar-refractivity contribution >= 4 is 76.6 Å². The molecule has 55 heavy (non-hydrogen) atoms. The van der Waals surface area contributed by atoms with E-state index in [9.17, 15) is 4.57 Å². The molecular weight excluding hydrogens is 784 g/mol. The Kier molecular flexibility index (Phi) is 12.7. The highest BCUT2D eigenvalue weighted by Gasteiger charge is 2.52. The predicted molar refractivity (Wildman–Crippen MR) is 226 cm³/mol. The summed E-state index contributed by atoms with van der Waals surface area (Å²) >= 11 is 4.31. The predicted octanol–water partition coefficient (Wildman–Crippen LogP) is 10.5. The molecule has 5 aromatic rings. The molecule has 2 heterocycles. The summed E-state index contributed by atoms with van der Waals surface area (Å²) in [6, 6.07) is 40.7. The van der Waals surface area contributed by atoms with Gasteiger partial charge < -0.3 is 8.95 Å². The van der Waals surface area contributed by atoms with Crippen LogP contribution in [0, 0.1) is 22.7 Å². The van der Waals surface area contributed by atoms with Crippen molar-refractivity contribution in [3.05, 3.63) is 125 Å². The number of aromatic nitrogens is 1. The Morgan fingerprint density at radius 1 is 0.855 bits per heavy atom. The van der Waals surface area contributed by atoms with Crippen LogP contribution in [0.5, 0.6) is 5.75 Å². The van der Waals surface area contributed by atoms with E-state index in [0.29, 0.717) is 10.7 Å². The fourth-order valence-corrected chi connectivity index (χ4v) is 15.1. The van der Waals surface area contributed by atoms with E-state index in [-0.39, 0.29) is 36.2 Å². The van der Waals surface area contributed by atoms with Crippen LogP contribution < -0.4 is 14.8 Å². The molecule has 282 valence electrons. The molecule has 14 heteroatoms. The summed E-state index contributed by atoms with van der Waals surface area (Å²) in [5.41, 5.74) is 1.36. The van der Waals surface area contributed by atoms with E-state index in [4.69, 9.17) is 38.5 Å². The molecule has 0 bridgehead atoms. The van der Waals surface area contributed by atoms with Crippen LogP contribution in [0.3, 0.4) is 0 Å². The van der Waals surface area contributed by atoms with Crippen molar-refractivity contribution in [2.45, 2.75) is 62.1 Å². The number of nitriles is 2. The minimum Gasteiger partial charge on any atom is -0.534 e. The topological polar surface area (TPSA) is 127 Å². The maximum Gasteiger partial charge on any atom is 0.530 e. The highest BCUT2D eigenvalue weighted by molar-refractivity contribution is 8.16. The van der Waals surface area contributed by atoms with Gasteiger partial charge in [-0.15, -0.1) is 11.3 Å². The summed E-state index contributed by atoms with van der Waals surface area (Å²) in [4.78, 5) is 10.9. The number of fused-ring (bicyclic) bond motifs is 1. The van der Waals surface area contributed by atoms with Crippen molar-refractivity contribution in [1.29, 1.82) is 10.5 Å². The molecule has 1 aromatic heterocycles. The molecule has 1 aliphatic heterocycles. The molecule has 0 fully saturated rings. The average Bonchev–Trinajstić information content (AvgIpc) is 3.74. The van der Waals surface area contributed by atoms with E-state index in [1.54, 1.807) is 0 Å². The van der Waals surface area contributed by atoms with Crippen molar-refractivity contribution in [1.82, 2.24) is 4.98 Å². The van der Waals surface area contributed by atoms with E-state index >= 15 is 0 Å². The largest absolute Gasteiger partial charge is 0.534 e. The van der Waals surface area contributed by atoms with Crippen LogP contribution in [0.4, 0.5) is 0 Å². The maximum absolute atomic E-state index is 14.0. The summed E-state index contributed by atoms with van der Waals surface area (Å²) < 4.78 is 38.8. The first-order valence-electron chi connectivity index (χ1n) is 17.7. The number of thioether (sulfide) groups is 2. The zero-order chi connectivity index (χ0) is 39.1. The maximum atomic E-state index is 14.0. The van der Waals surface area contributed by atoms with Gasteiger partial charge in [-0.1, -0.05) is 123 Å². The van der Waals surface area contributed by atoms with Crippen molar-refractivity contribution in [3.63, 3.8) is 0 Å². The van der Waals surface area contributed by atoms with Crippen LogP contribution in [-0.4, -0.2) is 36.3 Å². The quantitative estimate of drug-likeness (QED) is 0.0331. The molecule has 0 atom stereocenters. The monoisotopic (exact) mass is 824 g/mol. The zero-order valence-electron chi connectivity index (χ0n) is 31.2. The van der Waals surface area contributed by atoms with E-state index in [1.165, 1.54) is 45.2 Å². The van der Waals surface area contributed by atoms with Crippen LogP contribution in [0.2, 0.25) is 5.04 Å². The standard InChI is InChI=1S/C41H41N4O5PS3Si/c1-40(2,3)55(32-19-11-7-12-20-32,33-21-13-8-14-22-33)50-30-23-24-34-35(29-30)53-37(44-34)38-45-36(41(4,5)54-38)39(52-31-17-9-6-10-18-31)49-51(46,47-27-15-25-42)48-28-16-26-43/h6-14,17-24,29H,15-16,27-28H2,1-5H3/b39-36+. The van der Waals surface area contributed by atoms with Crippen molar-refractivity contribution in [3.8, 4) is 17.9 Å². The highest BCUT2D eigenvalue weighted by Crippen LogP contribution is 2.57. The minimum atomic E-state index is -4.26. The molecule has 6 rings (SSSR count). The smallest absolute Gasteiger partial charge is 0.530 e. The van der Waals surface area contributed by atoms with Crippen LogP contribution in [-0.2, 0) is 18.1 Å². The third-order valence-electron chi connectivity index (χ3n) is 8.63. The lowest BCUT2D eigenvalue weighted by atomic mass is 10.1. The summed E-state index contributed by atoms with van der Waals surface area (Å²) in [5, 5.41) is 22.0. The van der Waals surface area contributed by atoms with Gasteiger partial charge in [-0.05, 0) is 59.6 Å². The summed E-state index contributed by atoms with van der Waals surface area (Å²) in [6.45, 7) is 10.5. The van der Waals surface area contributed by atoms with Gasteiger partial charge >= 0.3 is 16.1 Å². The van der Waals surface area contributed by atoms with Gasteiger partial charge in [0.2, 0.25) is 0 Å². The zero-order valence-corrected chi connectivity index (χ0v) is 35.6. The van der Waals surface area contributed by atoms with Crippen LogP contribution >= 0.6 is 42.7 Å². The number of hydrogen-bond donors (Lipinski definition) is 0. The lowest BCUT2D eigenvalue weighted by Gasteiger charge is -2.43. The van der Waals surface area contributed by atoms with Crippen molar-refractivity contribution in [2.24, 2.45) is 4.99 Å². The second kappa shape index (κ2) is 17.3. The highest BCUT2D eigenvalue weighted by atomic mass is 32.2. The van der Waals surface area contributed by atoms with Crippen molar-refractivity contribution < 1.29 is 22.6 Å². The van der Waals surface area contributed by atoms with Gasteiger partial charge in [0.05, 0.1) is 53.2 Å². The van der Waals surface area contributed by atoms with Crippen LogP contribution in [0.15, 0.2) is 130 Å². The van der Waals surface area contributed by atoms with Gasteiger partial charge in [-0.25, -0.2) is 14.5 Å². The molecule has 4 aromatic carbocycles. The van der Waals surface area contributed by atoms with Crippen LogP contribution in [0.1, 0.15) is 52.5 Å². The summed E-state index contributed by atoms with van der Waals surface area (Å²) in [5.74, 6) is 0.775. The van der Waals surface area contributed by atoms with Gasteiger partial charge in [-0.3, -0.25) is 9.05 Å². The summed E-state index contributed by atoms with van der Waals surface area (Å²) in [7, 11) is -7.11. The molecule has 0 amide bonds. The van der Waals surface area contributed by atoms with Gasteiger partial charge in [-0.2, -0.15) is 10.5 Å². The molecule has 0 saturated heterocycles. The van der Waals surface area contributed by atoms with E-state index in [2.05, 4.69) is 75.4 Å². The van der Waals surface area contributed by atoms with Crippen molar-refractivity contribution in [2.75, 3.05) is 13.2 Å². The van der Waals surface area contributed by atoms with Gasteiger partial charge in [0.25, 0.3) is 0 Å². The number of phosphoric acid groups is 1. The van der Waals surface area contributed by atoms with E-state index in [1.807, 2.05) is 80.6 Å². The number of benzene rings is 4. The molecule has 0 radical (unpaired) electrons. The lowest BCUT2D eigenvalue weighted by molar-refractivity contribution is 0.144. The second-order valence-corrected chi connectivity index (χ2v) is 23.5. The number of aliphatic imine (C=N–C) groups is 1. The molecule has 0 spiro atoms. The number of hydrogen-bond acceptors (Lipinski definition) is 12. The summed E-state index contributed by atoms with van der Waals surface area (Å²) in [6.07, 6.45) is -0.0306. The number of rotatable bonds is 15. The fourth-order valence-electron chi connectivity index (χ4n) is 6.12. The fraction of sp³-hybridized carbons (Fsp3) is 0.268. The van der Waals surface area contributed by atoms with Crippen LogP contribution in [0.25, 0.3) is 10.2 Å². The molecule has 1 aliphatic rings. The number of nitrogens with zero attached hydrogens (tertiary/aromatic N) is 4. The average molecular weight is 825 g/mol. The Morgan fingerprint density at radius 2 is 1.42 bits per heavy atom. The van der Waals surface area contributed by atoms with Gasteiger partial charge in [0, 0.05) is 4.90 Å². The first-order valence-corrected chi connectivity index (χ1v) is 23.5. The second-order valence-electron chi connectivity index (χ2n) is 14.0. The first-order chi connectivity index (χ1) is 26.4. The Bertz CT molecular complexity index is 2260. The Labute approximate surface area is 336 Å². The van der Waals surface area contributed by atoms with E-state index < -0.39 is 20.9 Å². The Balaban J connectivity index is 1.39. The molecule has 0 aliphatic carbocycles. The number of thiazole rings is 1. The molecule has 0 N–H and O–H groups in total. The molecule has 9 nitrogen and oxygen atoms in total. The van der Waals surface area contributed by atoms with Gasteiger partial charge in [0.1, 0.15) is 21.5 Å². The number of phosphoric ester groups is 1. The SMILES string of the molecule is CC1(C)SC(c2nc3ccc(O[Si](c4ccccc4)(c4ccccc4)C(C)(C)C)cc3s2)=N/C1=C(\OP(=O)(OCCC#N)OCCC#N)Sc1ccccc1.